The Morgan fingerprint density at radius 3 is 3.11 bits per heavy atom. The van der Waals surface area contributed by atoms with Crippen LogP contribution in [0, 0.1) is 17.2 Å². The van der Waals surface area contributed by atoms with Gasteiger partial charge in [-0.2, -0.15) is 5.26 Å². The number of nitrogens with zero attached hydrogens (tertiary/aromatic N) is 1. The maximum Gasteiger partial charge on any atom is 0.181 e. The first-order valence-corrected chi connectivity index (χ1v) is 6.65. The van der Waals surface area contributed by atoms with Gasteiger partial charge in [0.2, 0.25) is 0 Å². The summed E-state index contributed by atoms with van der Waals surface area (Å²) in [6.07, 6.45) is 2.38. The summed E-state index contributed by atoms with van der Waals surface area (Å²) >= 11 is 0. The largest absolute Gasteiger partial charge is 0.366 e. The highest BCUT2D eigenvalue weighted by molar-refractivity contribution is 5.04. The third-order valence-corrected chi connectivity index (χ3v) is 4.28. The Labute approximate surface area is 107 Å². The third-order valence-electron chi connectivity index (χ3n) is 4.28. The second kappa shape index (κ2) is 4.46. The van der Waals surface area contributed by atoms with Crippen LogP contribution in [0.5, 0.6) is 0 Å². The minimum Gasteiger partial charge on any atom is -0.366 e. The minimum absolute atomic E-state index is 0.0103. The molecule has 0 saturated carbocycles. The molecule has 6 atom stereocenters. The Hall–Kier alpha value is -0.670. The summed E-state index contributed by atoms with van der Waals surface area (Å²) in [6.45, 7) is 2.31. The van der Waals surface area contributed by atoms with E-state index in [0.29, 0.717) is 13.0 Å². The highest BCUT2D eigenvalue weighted by atomic mass is 16.7. The lowest BCUT2D eigenvalue weighted by molar-refractivity contribution is -0.223. The van der Waals surface area contributed by atoms with Crippen molar-refractivity contribution >= 4 is 0 Å². The molecule has 2 unspecified atom stereocenters. The van der Waals surface area contributed by atoms with Gasteiger partial charge in [-0.1, -0.05) is 0 Å². The number of aliphatic hydroxyl groups is 1. The molecule has 0 aromatic carbocycles. The van der Waals surface area contributed by atoms with E-state index in [1.807, 2.05) is 6.92 Å². The minimum atomic E-state index is -0.818. The zero-order chi connectivity index (χ0) is 12.8. The fraction of sp³-hybridized carbons (Fsp3) is 0.923. The van der Waals surface area contributed by atoms with Crippen LogP contribution in [-0.2, 0) is 14.2 Å². The average Bonchev–Trinajstić information content (AvgIpc) is 2.68. The second-order valence-corrected chi connectivity index (χ2v) is 5.72. The summed E-state index contributed by atoms with van der Waals surface area (Å²) in [6, 6.07) is 2.25. The van der Waals surface area contributed by atoms with Crippen molar-refractivity contribution in [2.45, 2.75) is 62.8 Å². The maximum atomic E-state index is 9.64. The standard InChI is InChI=1S/C13H19NO4/c1-8(6-14)4-9-2-3-11-13(18-9)5-10(17-11)12(15)16-7-13/h8-12,15H,2-5,7H2,1H3/t8-,9?,10-,11+,12-,13?/m1/s1. The van der Waals surface area contributed by atoms with Gasteiger partial charge in [-0.15, -0.1) is 0 Å². The topological polar surface area (TPSA) is 71.7 Å². The fourth-order valence-corrected chi connectivity index (χ4v) is 3.34. The van der Waals surface area contributed by atoms with Gasteiger partial charge >= 0.3 is 0 Å². The zero-order valence-corrected chi connectivity index (χ0v) is 10.5. The quantitative estimate of drug-likeness (QED) is 0.793. The predicted molar refractivity (Wildman–Crippen MR) is 61.5 cm³/mol. The Kier molecular flexibility index (Phi) is 3.07. The number of hydrogen-bond acceptors (Lipinski definition) is 5. The Morgan fingerprint density at radius 2 is 2.33 bits per heavy atom. The van der Waals surface area contributed by atoms with E-state index < -0.39 is 6.29 Å². The van der Waals surface area contributed by atoms with Crippen LogP contribution in [0.2, 0.25) is 0 Å². The molecule has 3 rings (SSSR count). The van der Waals surface area contributed by atoms with Gasteiger partial charge in [0.25, 0.3) is 0 Å². The smallest absolute Gasteiger partial charge is 0.181 e. The van der Waals surface area contributed by atoms with Crippen LogP contribution in [0.1, 0.15) is 32.6 Å². The van der Waals surface area contributed by atoms with E-state index >= 15 is 0 Å². The summed E-state index contributed by atoms with van der Waals surface area (Å²) in [7, 11) is 0. The van der Waals surface area contributed by atoms with Crippen LogP contribution in [0.3, 0.4) is 0 Å². The molecular weight excluding hydrogens is 234 g/mol. The van der Waals surface area contributed by atoms with Crippen molar-refractivity contribution in [2.75, 3.05) is 6.61 Å². The first kappa shape index (κ1) is 12.4. The molecule has 0 amide bonds. The van der Waals surface area contributed by atoms with E-state index in [1.54, 1.807) is 0 Å². The molecule has 0 aromatic rings. The molecule has 2 bridgehead atoms. The van der Waals surface area contributed by atoms with Crippen molar-refractivity contribution in [3.05, 3.63) is 0 Å². The van der Waals surface area contributed by atoms with Crippen LogP contribution in [0.15, 0.2) is 0 Å². The molecule has 0 aliphatic carbocycles. The Bertz CT molecular complexity index is 368. The normalized spacial score (nSPS) is 48.3. The van der Waals surface area contributed by atoms with Gasteiger partial charge in [0.1, 0.15) is 11.7 Å². The molecule has 100 valence electrons. The molecule has 3 heterocycles. The van der Waals surface area contributed by atoms with Gasteiger partial charge in [-0.05, 0) is 26.2 Å². The van der Waals surface area contributed by atoms with Crippen molar-refractivity contribution in [2.24, 2.45) is 5.92 Å². The van der Waals surface area contributed by atoms with E-state index in [9.17, 15) is 5.11 Å². The second-order valence-electron chi connectivity index (χ2n) is 5.72. The number of hydrogen-bond donors (Lipinski definition) is 1. The first-order valence-electron chi connectivity index (χ1n) is 6.65. The Balaban J connectivity index is 1.69. The zero-order valence-electron chi connectivity index (χ0n) is 10.5. The van der Waals surface area contributed by atoms with Crippen LogP contribution in [0.25, 0.3) is 0 Å². The van der Waals surface area contributed by atoms with Crippen LogP contribution >= 0.6 is 0 Å². The number of ether oxygens (including phenoxy) is 3. The number of nitriles is 1. The lowest BCUT2D eigenvalue weighted by Gasteiger charge is -2.43. The van der Waals surface area contributed by atoms with Crippen molar-refractivity contribution in [3.8, 4) is 6.07 Å². The average molecular weight is 253 g/mol. The van der Waals surface area contributed by atoms with Gasteiger partial charge < -0.3 is 19.3 Å². The van der Waals surface area contributed by atoms with Gasteiger partial charge in [0.05, 0.1) is 24.9 Å². The van der Waals surface area contributed by atoms with Crippen molar-refractivity contribution in [1.82, 2.24) is 0 Å². The molecule has 3 fully saturated rings. The SMILES string of the molecule is C[C@@H](C#N)CC1CC[C@@H]2O[C@@H]3CC2(CO[C@H]3O)O1. The summed E-state index contributed by atoms with van der Waals surface area (Å²) in [4.78, 5) is 0. The summed E-state index contributed by atoms with van der Waals surface area (Å²) < 4.78 is 17.3. The Morgan fingerprint density at radius 1 is 1.50 bits per heavy atom. The number of aliphatic hydroxyl groups excluding tert-OH is 1. The van der Waals surface area contributed by atoms with E-state index in [4.69, 9.17) is 19.5 Å². The molecule has 5 nitrogen and oxygen atoms in total. The fourth-order valence-electron chi connectivity index (χ4n) is 3.34. The molecule has 0 radical (unpaired) electrons. The molecule has 18 heavy (non-hydrogen) atoms. The van der Waals surface area contributed by atoms with E-state index in [0.717, 1.165) is 19.3 Å². The van der Waals surface area contributed by atoms with E-state index in [1.165, 1.54) is 0 Å². The predicted octanol–water partition coefficient (Wildman–Crippen LogP) is 0.960. The van der Waals surface area contributed by atoms with Gasteiger partial charge in [0, 0.05) is 12.3 Å². The lowest BCUT2D eigenvalue weighted by Crippen LogP contribution is -2.54. The van der Waals surface area contributed by atoms with Crippen LogP contribution < -0.4 is 0 Å². The summed E-state index contributed by atoms with van der Waals surface area (Å²) in [5.41, 5.74) is -0.387. The molecule has 1 spiro atoms. The van der Waals surface area contributed by atoms with Crippen molar-refractivity contribution in [1.29, 1.82) is 5.26 Å². The monoisotopic (exact) mass is 253 g/mol. The van der Waals surface area contributed by atoms with Crippen LogP contribution in [0.4, 0.5) is 0 Å². The number of fused-ring (bicyclic) bond motifs is 1. The van der Waals surface area contributed by atoms with Crippen molar-refractivity contribution < 1.29 is 19.3 Å². The molecule has 0 aromatic heterocycles. The summed E-state index contributed by atoms with van der Waals surface area (Å²) in [5, 5.41) is 18.5. The molecule has 3 aliphatic heterocycles. The van der Waals surface area contributed by atoms with Gasteiger partial charge in [-0.3, -0.25) is 0 Å². The molecule has 1 N–H and O–H groups in total. The summed E-state index contributed by atoms with van der Waals surface area (Å²) in [5.74, 6) is 0.0103. The molecular formula is C13H19NO4. The molecule has 3 aliphatic rings. The highest BCUT2D eigenvalue weighted by Crippen LogP contribution is 2.46. The molecule has 3 saturated heterocycles. The first-order chi connectivity index (χ1) is 8.63. The highest BCUT2D eigenvalue weighted by Gasteiger charge is 2.58. The lowest BCUT2D eigenvalue weighted by atomic mass is 9.84. The van der Waals surface area contributed by atoms with Gasteiger partial charge in [0.15, 0.2) is 6.29 Å². The van der Waals surface area contributed by atoms with E-state index in [-0.39, 0.29) is 29.8 Å². The van der Waals surface area contributed by atoms with Gasteiger partial charge in [-0.25, -0.2) is 0 Å². The van der Waals surface area contributed by atoms with Crippen LogP contribution in [-0.4, -0.2) is 41.9 Å². The number of rotatable bonds is 2. The van der Waals surface area contributed by atoms with E-state index in [2.05, 4.69) is 6.07 Å². The molecule has 5 heteroatoms. The maximum absolute atomic E-state index is 9.64. The van der Waals surface area contributed by atoms with Crippen molar-refractivity contribution in [3.63, 3.8) is 0 Å². The third kappa shape index (κ3) is 1.94.